The first-order valence-electron chi connectivity index (χ1n) is 8.08. The van der Waals surface area contributed by atoms with Crippen LogP contribution in [-0.4, -0.2) is 59.1 Å². The number of aliphatic hydroxyl groups excluding tert-OH is 1. The molecular formula is C17H21NO6. The smallest absolute Gasteiger partial charge is 0.410 e. The van der Waals surface area contributed by atoms with Crippen LogP contribution in [0.1, 0.15) is 19.4 Å². The molecule has 1 unspecified atom stereocenters. The Hall–Kier alpha value is -1.67. The van der Waals surface area contributed by atoms with E-state index in [2.05, 4.69) is 0 Å². The molecule has 7 heteroatoms. The first-order valence-corrected chi connectivity index (χ1v) is 8.08. The monoisotopic (exact) mass is 335 g/mol. The van der Waals surface area contributed by atoms with Crippen LogP contribution in [0.25, 0.3) is 0 Å². The van der Waals surface area contributed by atoms with Crippen LogP contribution in [0.4, 0.5) is 4.79 Å². The van der Waals surface area contributed by atoms with Crippen molar-refractivity contribution in [2.24, 2.45) is 0 Å². The molecule has 130 valence electrons. The van der Waals surface area contributed by atoms with Gasteiger partial charge in [-0.3, -0.25) is 4.90 Å². The van der Waals surface area contributed by atoms with Gasteiger partial charge in [0, 0.05) is 6.54 Å². The molecule has 24 heavy (non-hydrogen) atoms. The summed E-state index contributed by atoms with van der Waals surface area (Å²) >= 11 is 0. The summed E-state index contributed by atoms with van der Waals surface area (Å²) in [5.74, 6) is -2.13. The van der Waals surface area contributed by atoms with Crippen molar-refractivity contribution in [1.29, 1.82) is 0 Å². The Morgan fingerprint density at radius 3 is 2.67 bits per heavy atom. The van der Waals surface area contributed by atoms with Gasteiger partial charge in [0.1, 0.15) is 12.7 Å². The lowest BCUT2D eigenvalue weighted by atomic mass is 9.95. The highest BCUT2D eigenvalue weighted by atomic mass is 16.8. The molecule has 3 aliphatic rings. The number of rotatable bonds is 2. The number of ether oxygens (including phenoxy) is 4. The molecule has 0 saturated carbocycles. The first-order chi connectivity index (χ1) is 11.4. The molecular weight excluding hydrogens is 314 g/mol. The second-order valence-electron chi connectivity index (χ2n) is 6.89. The summed E-state index contributed by atoms with van der Waals surface area (Å²) in [4.78, 5) is 13.9. The number of aliphatic hydroxyl groups is 1. The van der Waals surface area contributed by atoms with E-state index in [0.717, 1.165) is 5.56 Å². The quantitative estimate of drug-likeness (QED) is 0.876. The molecule has 1 amide bonds. The van der Waals surface area contributed by atoms with E-state index >= 15 is 0 Å². The number of nitrogens with zero attached hydrogens (tertiary/aromatic N) is 1. The molecule has 7 nitrogen and oxygen atoms in total. The fourth-order valence-electron chi connectivity index (χ4n) is 3.53. The van der Waals surface area contributed by atoms with Gasteiger partial charge in [-0.15, -0.1) is 0 Å². The normalized spacial score (nSPS) is 37.5. The molecule has 3 aliphatic heterocycles. The third-order valence-electron chi connectivity index (χ3n) is 4.75. The minimum Gasteiger partial charge on any atom is -0.441 e. The Bertz CT molecular complexity index is 635. The van der Waals surface area contributed by atoms with Gasteiger partial charge in [0.25, 0.3) is 0 Å². The zero-order valence-electron chi connectivity index (χ0n) is 13.7. The van der Waals surface area contributed by atoms with Crippen molar-refractivity contribution in [2.75, 3.05) is 13.2 Å². The maximum absolute atomic E-state index is 12.3. The Balaban J connectivity index is 1.53. The number of amides is 1. The van der Waals surface area contributed by atoms with Crippen molar-refractivity contribution in [3.8, 4) is 0 Å². The van der Waals surface area contributed by atoms with Crippen LogP contribution in [0.2, 0.25) is 0 Å². The molecule has 1 N–H and O–H groups in total. The Morgan fingerprint density at radius 1 is 1.25 bits per heavy atom. The number of carbonyl (C=O) groups is 1. The topological polar surface area (TPSA) is 77.5 Å². The summed E-state index contributed by atoms with van der Waals surface area (Å²) in [6.07, 6.45) is -2.26. The highest BCUT2D eigenvalue weighted by Gasteiger charge is 2.62. The van der Waals surface area contributed by atoms with Crippen LogP contribution in [-0.2, 0) is 25.5 Å². The average molecular weight is 335 g/mol. The maximum atomic E-state index is 12.3. The van der Waals surface area contributed by atoms with Crippen molar-refractivity contribution >= 4 is 6.09 Å². The Labute approximate surface area is 140 Å². The molecule has 0 radical (unpaired) electrons. The number of hydrogen-bond donors (Lipinski definition) is 1. The predicted molar refractivity (Wildman–Crippen MR) is 81.8 cm³/mol. The third kappa shape index (κ3) is 2.48. The third-order valence-corrected chi connectivity index (χ3v) is 4.75. The zero-order valence-corrected chi connectivity index (χ0v) is 13.7. The van der Waals surface area contributed by atoms with E-state index in [1.807, 2.05) is 30.3 Å². The summed E-state index contributed by atoms with van der Waals surface area (Å²) < 4.78 is 22.6. The lowest BCUT2D eigenvalue weighted by molar-refractivity contribution is -0.322. The van der Waals surface area contributed by atoms with Crippen LogP contribution in [0.15, 0.2) is 30.3 Å². The summed E-state index contributed by atoms with van der Waals surface area (Å²) in [7, 11) is 0. The van der Waals surface area contributed by atoms with Gasteiger partial charge < -0.3 is 24.1 Å². The zero-order chi connectivity index (χ0) is 16.9. The highest BCUT2D eigenvalue weighted by Crippen LogP contribution is 2.42. The lowest BCUT2D eigenvalue weighted by Crippen LogP contribution is -2.63. The molecule has 1 aromatic carbocycles. The van der Waals surface area contributed by atoms with Gasteiger partial charge in [0.2, 0.25) is 5.79 Å². The van der Waals surface area contributed by atoms with Crippen LogP contribution in [0.3, 0.4) is 0 Å². The summed E-state index contributed by atoms with van der Waals surface area (Å²) in [5, 5.41) is 10.7. The fraction of sp³-hybridized carbons (Fsp3) is 0.588. The molecule has 0 aromatic heterocycles. The van der Waals surface area contributed by atoms with Crippen molar-refractivity contribution in [2.45, 2.75) is 50.2 Å². The van der Waals surface area contributed by atoms with Gasteiger partial charge >= 0.3 is 6.09 Å². The standard InChI is InChI=1S/C17H21NO6/c1-16(2)22-10-17(24-16)14(19)13-12(9-21-17)18(15(20)23-13)8-11-6-4-3-5-7-11/h3-7,12-14,19H,8-10H2,1-2H3/t12-,13?,14+,17+/m1/s1. The molecule has 1 spiro atoms. The van der Waals surface area contributed by atoms with E-state index in [1.165, 1.54) is 0 Å². The van der Waals surface area contributed by atoms with Crippen LogP contribution in [0, 0.1) is 0 Å². The molecule has 3 heterocycles. The molecule has 3 fully saturated rings. The number of hydrogen-bond acceptors (Lipinski definition) is 6. The fourth-order valence-corrected chi connectivity index (χ4v) is 3.53. The van der Waals surface area contributed by atoms with Gasteiger partial charge in [-0.25, -0.2) is 4.79 Å². The lowest BCUT2D eigenvalue weighted by Gasteiger charge is -2.42. The highest BCUT2D eigenvalue weighted by molar-refractivity contribution is 5.71. The molecule has 3 saturated heterocycles. The van der Waals surface area contributed by atoms with Crippen LogP contribution in [0.5, 0.6) is 0 Å². The van der Waals surface area contributed by atoms with Gasteiger partial charge in [-0.05, 0) is 19.4 Å². The van der Waals surface area contributed by atoms with Gasteiger partial charge in [0.05, 0.1) is 12.6 Å². The summed E-state index contributed by atoms with van der Waals surface area (Å²) in [5.41, 5.74) is 0.992. The van der Waals surface area contributed by atoms with E-state index in [4.69, 9.17) is 18.9 Å². The minimum atomic E-state index is -1.28. The minimum absolute atomic E-state index is 0.0978. The number of fused-ring (bicyclic) bond motifs is 1. The van der Waals surface area contributed by atoms with Gasteiger partial charge in [-0.1, -0.05) is 30.3 Å². The largest absolute Gasteiger partial charge is 0.441 e. The summed E-state index contributed by atoms with van der Waals surface area (Å²) in [6.45, 7) is 4.24. The first kappa shape index (κ1) is 15.8. The summed E-state index contributed by atoms with van der Waals surface area (Å²) in [6, 6.07) is 9.29. The molecule has 4 atom stereocenters. The number of carbonyl (C=O) groups excluding carboxylic acids is 1. The maximum Gasteiger partial charge on any atom is 0.410 e. The van der Waals surface area contributed by atoms with Crippen LogP contribution >= 0.6 is 0 Å². The van der Waals surface area contributed by atoms with E-state index in [1.54, 1.807) is 18.7 Å². The van der Waals surface area contributed by atoms with Crippen molar-refractivity contribution in [3.05, 3.63) is 35.9 Å². The second kappa shape index (κ2) is 5.42. The van der Waals surface area contributed by atoms with E-state index in [9.17, 15) is 9.90 Å². The second-order valence-corrected chi connectivity index (χ2v) is 6.89. The van der Waals surface area contributed by atoms with E-state index in [-0.39, 0.29) is 19.3 Å². The van der Waals surface area contributed by atoms with E-state index in [0.29, 0.717) is 6.54 Å². The van der Waals surface area contributed by atoms with Gasteiger partial charge in [0.15, 0.2) is 11.9 Å². The van der Waals surface area contributed by atoms with Gasteiger partial charge in [-0.2, -0.15) is 0 Å². The molecule has 0 aliphatic carbocycles. The van der Waals surface area contributed by atoms with E-state index < -0.39 is 29.9 Å². The van der Waals surface area contributed by atoms with Crippen molar-refractivity contribution < 1.29 is 28.8 Å². The molecule has 1 aromatic rings. The average Bonchev–Trinajstić information content (AvgIpc) is 3.03. The SMILES string of the molecule is CC1(C)OC[C@]2(OC[C@@H]3C(OC(=O)N3Cc3ccccc3)[C@@H]2O)O1. The van der Waals surface area contributed by atoms with Crippen molar-refractivity contribution in [3.63, 3.8) is 0 Å². The molecule has 4 rings (SSSR count). The Morgan fingerprint density at radius 2 is 2.00 bits per heavy atom. The Kier molecular flexibility index (Phi) is 3.58. The predicted octanol–water partition coefficient (Wildman–Crippen LogP) is 1.25. The van der Waals surface area contributed by atoms with Crippen molar-refractivity contribution in [1.82, 2.24) is 4.90 Å². The molecule has 0 bridgehead atoms. The number of benzene rings is 1. The van der Waals surface area contributed by atoms with Crippen LogP contribution < -0.4 is 0 Å².